The second-order valence-electron chi connectivity index (χ2n) is 2.44. The summed E-state index contributed by atoms with van der Waals surface area (Å²) in [5, 5.41) is 26.2. The Morgan fingerprint density at radius 2 is 1.86 bits per heavy atom. The highest BCUT2D eigenvalue weighted by Crippen LogP contribution is 2.37. The van der Waals surface area contributed by atoms with Crippen LogP contribution < -0.4 is 0 Å². The van der Waals surface area contributed by atoms with Gasteiger partial charge < -0.3 is 29.9 Å². The van der Waals surface area contributed by atoms with Crippen molar-refractivity contribution in [2.24, 2.45) is 0 Å². The van der Waals surface area contributed by atoms with Gasteiger partial charge in [-0.25, -0.2) is 4.57 Å². The van der Waals surface area contributed by atoms with E-state index >= 15 is 0 Å². The van der Waals surface area contributed by atoms with Crippen molar-refractivity contribution in [3.63, 3.8) is 0 Å². The number of aldehydes is 1. The van der Waals surface area contributed by atoms with Gasteiger partial charge in [0.2, 0.25) is 0 Å². The number of phosphoric ester groups is 1. The lowest BCUT2D eigenvalue weighted by Crippen LogP contribution is -2.41. The van der Waals surface area contributed by atoms with E-state index in [2.05, 4.69) is 4.52 Å². The number of carbonyl (C=O) groups excluding carboxylic acids is 1. The summed E-state index contributed by atoms with van der Waals surface area (Å²) in [7, 11) is -4.93. The SMILES string of the molecule is O=[14CH][C@H](OP(=O)(O)O)[C@H](O)[C@H](O)CO. The van der Waals surface area contributed by atoms with E-state index in [4.69, 9.17) is 25.1 Å². The van der Waals surface area contributed by atoms with E-state index in [9.17, 15) is 9.36 Å². The molecule has 0 aromatic heterocycles. The molecule has 0 saturated carbocycles. The first-order valence-electron chi connectivity index (χ1n) is 3.48. The summed E-state index contributed by atoms with van der Waals surface area (Å²) < 4.78 is 14.1. The summed E-state index contributed by atoms with van der Waals surface area (Å²) in [5.74, 6) is 0. The summed E-state index contributed by atoms with van der Waals surface area (Å²) in [6.45, 7) is -0.865. The number of aliphatic hydroxyl groups is 3. The Hall–Kier alpha value is -0.340. The molecule has 3 atom stereocenters. The van der Waals surface area contributed by atoms with E-state index in [1.807, 2.05) is 0 Å². The third kappa shape index (κ3) is 4.77. The van der Waals surface area contributed by atoms with Gasteiger partial charge in [-0.2, -0.15) is 0 Å². The van der Waals surface area contributed by atoms with E-state index in [0.29, 0.717) is 0 Å². The molecule has 0 aliphatic carbocycles. The van der Waals surface area contributed by atoms with E-state index in [1.165, 1.54) is 0 Å². The highest BCUT2D eigenvalue weighted by atomic mass is 31.2. The Bertz CT molecular complexity index is 224. The van der Waals surface area contributed by atoms with Crippen LogP contribution in [0.4, 0.5) is 0 Å². The summed E-state index contributed by atoms with van der Waals surface area (Å²) in [6.07, 6.45) is -5.58. The van der Waals surface area contributed by atoms with Crippen LogP contribution in [0.25, 0.3) is 0 Å². The molecule has 0 heterocycles. The molecule has 0 aliphatic rings. The molecule has 0 aromatic carbocycles. The molecule has 0 saturated heterocycles. The van der Waals surface area contributed by atoms with E-state index in [0.717, 1.165) is 0 Å². The normalized spacial score (nSPS) is 18.6. The summed E-state index contributed by atoms with van der Waals surface area (Å²) >= 11 is 0. The molecule has 14 heavy (non-hydrogen) atoms. The molecule has 0 unspecified atom stereocenters. The minimum atomic E-state index is -4.93. The molecule has 5 N–H and O–H groups in total. The molecule has 0 aliphatic heterocycles. The van der Waals surface area contributed by atoms with Gasteiger partial charge in [-0.3, -0.25) is 4.52 Å². The van der Waals surface area contributed by atoms with Crippen molar-refractivity contribution in [2.45, 2.75) is 18.3 Å². The zero-order valence-corrected chi connectivity index (χ0v) is 7.82. The van der Waals surface area contributed by atoms with Crippen molar-refractivity contribution in [3.05, 3.63) is 0 Å². The van der Waals surface area contributed by atoms with Crippen molar-refractivity contribution in [1.82, 2.24) is 0 Å². The molecule has 0 fully saturated rings. The largest absolute Gasteiger partial charge is 0.470 e. The second kappa shape index (κ2) is 5.52. The average Bonchev–Trinajstić information content (AvgIpc) is 2.10. The number of aliphatic hydroxyl groups excluding tert-OH is 3. The maximum absolute atomic E-state index is 10.3. The van der Waals surface area contributed by atoms with Crippen LogP contribution in [0.1, 0.15) is 0 Å². The lowest BCUT2D eigenvalue weighted by molar-refractivity contribution is -0.126. The second-order valence-corrected chi connectivity index (χ2v) is 3.63. The van der Waals surface area contributed by atoms with E-state index < -0.39 is 32.7 Å². The summed E-state index contributed by atoms with van der Waals surface area (Å²) in [6, 6.07) is 0. The van der Waals surface area contributed by atoms with Crippen LogP contribution in [-0.4, -0.2) is 56.3 Å². The summed E-state index contributed by atoms with van der Waals surface area (Å²) in [4.78, 5) is 26.8. The first kappa shape index (κ1) is 13.7. The Labute approximate surface area is 79.0 Å². The van der Waals surface area contributed by atoms with Gasteiger partial charge in [0, 0.05) is 0 Å². The van der Waals surface area contributed by atoms with Crippen molar-refractivity contribution < 1.29 is 39.0 Å². The molecule has 0 bridgehead atoms. The molecule has 8 nitrogen and oxygen atoms in total. The fourth-order valence-corrected chi connectivity index (χ4v) is 1.14. The van der Waals surface area contributed by atoms with Gasteiger partial charge in [-0.1, -0.05) is 0 Å². The quantitative estimate of drug-likeness (QED) is 0.247. The Morgan fingerprint density at radius 1 is 1.36 bits per heavy atom. The van der Waals surface area contributed by atoms with Gasteiger partial charge in [0.1, 0.15) is 12.2 Å². The van der Waals surface area contributed by atoms with Gasteiger partial charge in [0.25, 0.3) is 0 Å². The molecular formula is C5H11O8P. The van der Waals surface area contributed by atoms with Crippen LogP contribution in [0.5, 0.6) is 0 Å². The Kier molecular flexibility index (Phi) is 5.38. The first-order chi connectivity index (χ1) is 6.31. The topological polar surface area (TPSA) is 145 Å². The molecule has 0 amide bonds. The standard InChI is InChI=1S/C5H11O8P/c6-1-3(8)5(9)4(2-7)13-14(10,11)12/h2-6,8-9H,1H2,(H2,10,11,12)/t3-,4+,5-/m1/s1/i2+2. The maximum Gasteiger partial charge on any atom is 0.470 e. The zero-order chi connectivity index (χ0) is 11.4. The number of hydrogen-bond acceptors (Lipinski definition) is 6. The fourth-order valence-electron chi connectivity index (χ4n) is 0.653. The van der Waals surface area contributed by atoms with Crippen molar-refractivity contribution in [3.8, 4) is 0 Å². The number of carbonyl (C=O) groups is 1. The van der Waals surface area contributed by atoms with Gasteiger partial charge >= 0.3 is 7.82 Å². The highest BCUT2D eigenvalue weighted by Gasteiger charge is 2.32. The van der Waals surface area contributed by atoms with Crippen molar-refractivity contribution >= 4 is 14.1 Å². The maximum atomic E-state index is 10.3. The minimum absolute atomic E-state index is 0.0807. The molecule has 9 heteroatoms. The molecule has 0 rings (SSSR count). The summed E-state index contributed by atoms with van der Waals surface area (Å²) in [5.41, 5.74) is 0. The van der Waals surface area contributed by atoms with Crippen LogP contribution in [0, 0.1) is 0 Å². The average molecular weight is 232 g/mol. The molecule has 0 radical (unpaired) electrons. The molecular weight excluding hydrogens is 221 g/mol. The number of rotatable bonds is 6. The van der Waals surface area contributed by atoms with E-state index in [-0.39, 0.29) is 6.29 Å². The van der Waals surface area contributed by atoms with Crippen LogP contribution >= 0.6 is 7.82 Å². The Balaban J connectivity index is 4.41. The number of hydrogen-bond donors (Lipinski definition) is 5. The predicted octanol–water partition coefficient (Wildman–Crippen LogP) is -2.62. The van der Waals surface area contributed by atoms with Gasteiger partial charge in [0.15, 0.2) is 12.4 Å². The third-order valence-corrected chi connectivity index (χ3v) is 1.83. The number of phosphoric acid groups is 1. The lowest BCUT2D eigenvalue weighted by Gasteiger charge is -2.21. The van der Waals surface area contributed by atoms with Gasteiger partial charge in [0.05, 0.1) is 6.61 Å². The lowest BCUT2D eigenvalue weighted by atomic mass is 10.2. The molecule has 0 spiro atoms. The Morgan fingerprint density at radius 3 is 2.14 bits per heavy atom. The van der Waals surface area contributed by atoms with Crippen LogP contribution in [0.15, 0.2) is 0 Å². The van der Waals surface area contributed by atoms with Crippen LogP contribution in [0.3, 0.4) is 0 Å². The molecule has 84 valence electrons. The minimum Gasteiger partial charge on any atom is -0.394 e. The molecule has 0 aromatic rings. The van der Waals surface area contributed by atoms with Crippen LogP contribution in [0.2, 0.25) is 0 Å². The van der Waals surface area contributed by atoms with Gasteiger partial charge in [-0.15, -0.1) is 0 Å². The highest BCUT2D eigenvalue weighted by molar-refractivity contribution is 7.46. The fraction of sp³-hybridized carbons (Fsp3) is 0.800. The zero-order valence-electron chi connectivity index (χ0n) is 6.92. The van der Waals surface area contributed by atoms with Crippen LogP contribution in [-0.2, 0) is 13.9 Å². The predicted molar refractivity (Wildman–Crippen MR) is 42.1 cm³/mol. The van der Waals surface area contributed by atoms with E-state index in [1.54, 1.807) is 0 Å². The third-order valence-electron chi connectivity index (χ3n) is 1.31. The van der Waals surface area contributed by atoms with Crippen molar-refractivity contribution in [2.75, 3.05) is 6.61 Å². The van der Waals surface area contributed by atoms with Crippen molar-refractivity contribution in [1.29, 1.82) is 0 Å². The first-order valence-corrected chi connectivity index (χ1v) is 5.01. The monoisotopic (exact) mass is 232 g/mol. The smallest absolute Gasteiger partial charge is 0.394 e. The van der Waals surface area contributed by atoms with Gasteiger partial charge in [-0.05, 0) is 0 Å².